The molecule has 0 aliphatic carbocycles. The molecule has 2 aromatic heterocycles. The predicted octanol–water partition coefficient (Wildman–Crippen LogP) is 2.86. The molecule has 1 unspecified atom stereocenters. The molecule has 0 fully saturated rings. The summed E-state index contributed by atoms with van der Waals surface area (Å²) in [5, 5.41) is 7.53. The van der Waals surface area contributed by atoms with E-state index in [-0.39, 0.29) is 17.4 Å². The lowest BCUT2D eigenvalue weighted by Crippen LogP contribution is -2.32. The highest BCUT2D eigenvalue weighted by atomic mass is 16.1. The summed E-state index contributed by atoms with van der Waals surface area (Å²) in [7, 11) is 0. The van der Waals surface area contributed by atoms with Crippen LogP contribution in [0.2, 0.25) is 0 Å². The lowest BCUT2D eigenvalue weighted by atomic mass is 9.93. The summed E-state index contributed by atoms with van der Waals surface area (Å²) in [6.07, 6.45) is 0.897. The van der Waals surface area contributed by atoms with Gasteiger partial charge in [0.1, 0.15) is 5.69 Å². The third-order valence-corrected chi connectivity index (χ3v) is 3.60. The zero-order chi connectivity index (χ0) is 15.8. The van der Waals surface area contributed by atoms with Crippen LogP contribution < -0.4 is 5.32 Å². The number of nitrogens with one attached hydrogen (secondary N) is 1. The summed E-state index contributed by atoms with van der Waals surface area (Å²) < 4.78 is 1.79. The van der Waals surface area contributed by atoms with Gasteiger partial charge in [-0.3, -0.25) is 4.79 Å². The molecule has 0 saturated heterocycles. The van der Waals surface area contributed by atoms with Gasteiger partial charge in [0.2, 0.25) is 0 Å². The molecule has 2 rings (SSSR count). The number of nitrogens with zero attached hydrogens (tertiary/aromatic N) is 3. The molecular weight excluding hydrogens is 264 g/mol. The second-order valence-corrected chi connectivity index (χ2v) is 6.62. The van der Waals surface area contributed by atoms with Gasteiger partial charge in [-0.2, -0.15) is 5.10 Å². The van der Waals surface area contributed by atoms with Gasteiger partial charge in [-0.25, -0.2) is 9.50 Å². The predicted molar refractivity (Wildman–Crippen MR) is 83.6 cm³/mol. The van der Waals surface area contributed by atoms with Gasteiger partial charge < -0.3 is 5.32 Å². The SMILES string of the molecule is CCC(C)NC(=O)c1cc(C)n2nc(C(C)(C)C)cc2n1. The molecule has 1 N–H and O–H groups in total. The highest BCUT2D eigenvalue weighted by molar-refractivity contribution is 5.93. The smallest absolute Gasteiger partial charge is 0.270 e. The summed E-state index contributed by atoms with van der Waals surface area (Å²) in [6.45, 7) is 12.3. The van der Waals surface area contributed by atoms with Crippen LogP contribution in [0.4, 0.5) is 0 Å². The van der Waals surface area contributed by atoms with Crippen molar-refractivity contribution < 1.29 is 4.79 Å². The minimum atomic E-state index is -0.131. The lowest BCUT2D eigenvalue weighted by Gasteiger charge is -2.13. The van der Waals surface area contributed by atoms with Crippen LogP contribution in [0.25, 0.3) is 5.65 Å². The molecule has 2 aromatic rings. The van der Waals surface area contributed by atoms with E-state index in [0.29, 0.717) is 11.3 Å². The van der Waals surface area contributed by atoms with Gasteiger partial charge in [0.25, 0.3) is 5.91 Å². The second kappa shape index (κ2) is 5.47. The molecule has 0 saturated carbocycles. The van der Waals surface area contributed by atoms with Crippen molar-refractivity contribution in [1.82, 2.24) is 19.9 Å². The summed E-state index contributed by atoms with van der Waals surface area (Å²) in [6, 6.07) is 3.88. The lowest BCUT2D eigenvalue weighted by molar-refractivity contribution is 0.0934. The minimum Gasteiger partial charge on any atom is -0.348 e. The van der Waals surface area contributed by atoms with E-state index >= 15 is 0 Å². The number of amides is 1. The van der Waals surface area contributed by atoms with Gasteiger partial charge in [0.15, 0.2) is 5.65 Å². The van der Waals surface area contributed by atoms with Crippen molar-refractivity contribution in [2.75, 3.05) is 0 Å². The van der Waals surface area contributed by atoms with Gasteiger partial charge >= 0.3 is 0 Å². The first-order valence-corrected chi connectivity index (χ1v) is 7.41. The Morgan fingerprint density at radius 1 is 1.38 bits per heavy atom. The van der Waals surface area contributed by atoms with Crippen LogP contribution in [0.15, 0.2) is 12.1 Å². The van der Waals surface area contributed by atoms with E-state index < -0.39 is 0 Å². The Bertz CT molecular complexity index is 667. The third-order valence-electron chi connectivity index (χ3n) is 3.60. The number of carbonyl (C=O) groups excluding carboxylic acids is 1. The zero-order valence-corrected chi connectivity index (χ0v) is 13.7. The largest absolute Gasteiger partial charge is 0.348 e. The Balaban J connectivity index is 2.42. The fourth-order valence-electron chi connectivity index (χ4n) is 2.01. The van der Waals surface area contributed by atoms with E-state index in [1.54, 1.807) is 10.6 Å². The van der Waals surface area contributed by atoms with E-state index in [1.807, 2.05) is 26.8 Å². The molecule has 5 nitrogen and oxygen atoms in total. The fourth-order valence-corrected chi connectivity index (χ4v) is 2.01. The molecule has 1 atom stereocenters. The quantitative estimate of drug-likeness (QED) is 0.944. The molecule has 2 heterocycles. The van der Waals surface area contributed by atoms with Gasteiger partial charge in [0.05, 0.1) is 5.69 Å². The normalized spacial score (nSPS) is 13.4. The summed E-state index contributed by atoms with van der Waals surface area (Å²) in [5.74, 6) is -0.131. The molecule has 0 radical (unpaired) electrons. The first-order valence-electron chi connectivity index (χ1n) is 7.41. The Kier molecular flexibility index (Phi) is 4.03. The van der Waals surface area contributed by atoms with Crippen LogP contribution in [0.5, 0.6) is 0 Å². The Labute approximate surface area is 125 Å². The summed E-state index contributed by atoms with van der Waals surface area (Å²) >= 11 is 0. The number of aromatic nitrogens is 3. The number of hydrogen-bond acceptors (Lipinski definition) is 3. The monoisotopic (exact) mass is 288 g/mol. The average molecular weight is 288 g/mol. The van der Waals surface area contributed by atoms with Crippen LogP contribution in [0, 0.1) is 6.92 Å². The van der Waals surface area contributed by atoms with Crippen molar-refractivity contribution in [2.24, 2.45) is 0 Å². The number of hydrogen-bond donors (Lipinski definition) is 1. The molecule has 0 spiro atoms. The molecule has 21 heavy (non-hydrogen) atoms. The van der Waals surface area contributed by atoms with Crippen molar-refractivity contribution in [2.45, 2.75) is 59.4 Å². The van der Waals surface area contributed by atoms with Crippen LogP contribution in [-0.2, 0) is 5.41 Å². The zero-order valence-electron chi connectivity index (χ0n) is 13.7. The molecule has 0 aromatic carbocycles. The van der Waals surface area contributed by atoms with Gasteiger partial charge in [-0.1, -0.05) is 27.7 Å². The Morgan fingerprint density at radius 3 is 2.62 bits per heavy atom. The van der Waals surface area contributed by atoms with Crippen LogP contribution in [-0.4, -0.2) is 26.5 Å². The maximum absolute atomic E-state index is 12.2. The summed E-state index contributed by atoms with van der Waals surface area (Å²) in [4.78, 5) is 16.7. The van der Waals surface area contributed by atoms with Crippen LogP contribution in [0.3, 0.4) is 0 Å². The van der Waals surface area contributed by atoms with E-state index in [1.165, 1.54) is 0 Å². The van der Waals surface area contributed by atoms with Crippen molar-refractivity contribution in [1.29, 1.82) is 0 Å². The number of rotatable bonds is 3. The number of fused-ring (bicyclic) bond motifs is 1. The number of carbonyl (C=O) groups is 1. The second-order valence-electron chi connectivity index (χ2n) is 6.62. The van der Waals surface area contributed by atoms with E-state index in [2.05, 4.69) is 36.2 Å². The Morgan fingerprint density at radius 2 is 2.05 bits per heavy atom. The molecule has 0 bridgehead atoms. The third kappa shape index (κ3) is 3.23. The van der Waals surface area contributed by atoms with Crippen molar-refractivity contribution in [3.8, 4) is 0 Å². The first-order chi connectivity index (χ1) is 9.72. The summed E-state index contributed by atoms with van der Waals surface area (Å²) in [5.41, 5.74) is 3.00. The van der Waals surface area contributed by atoms with Gasteiger partial charge in [-0.05, 0) is 26.3 Å². The Hall–Kier alpha value is -1.91. The minimum absolute atomic E-state index is 0.0424. The van der Waals surface area contributed by atoms with E-state index in [0.717, 1.165) is 17.8 Å². The van der Waals surface area contributed by atoms with Crippen molar-refractivity contribution in [3.63, 3.8) is 0 Å². The molecule has 1 amide bonds. The first kappa shape index (κ1) is 15.5. The standard InChI is InChI=1S/C16H24N4O/c1-7-10(2)17-15(21)12-8-11(3)20-14(18-12)9-13(19-20)16(4,5)6/h8-10H,7H2,1-6H3,(H,17,21). The topological polar surface area (TPSA) is 59.3 Å². The average Bonchev–Trinajstić information content (AvgIpc) is 2.82. The van der Waals surface area contributed by atoms with Gasteiger partial charge in [0, 0.05) is 23.2 Å². The van der Waals surface area contributed by atoms with E-state index in [9.17, 15) is 4.79 Å². The molecule has 114 valence electrons. The fraction of sp³-hybridized carbons (Fsp3) is 0.562. The van der Waals surface area contributed by atoms with Crippen LogP contribution in [0.1, 0.15) is 62.9 Å². The number of aryl methyl sites for hydroxylation is 1. The van der Waals surface area contributed by atoms with Crippen LogP contribution >= 0.6 is 0 Å². The highest BCUT2D eigenvalue weighted by Crippen LogP contribution is 2.22. The van der Waals surface area contributed by atoms with Crippen molar-refractivity contribution >= 4 is 11.6 Å². The van der Waals surface area contributed by atoms with Gasteiger partial charge in [-0.15, -0.1) is 0 Å². The maximum atomic E-state index is 12.2. The molecule has 0 aliphatic heterocycles. The van der Waals surface area contributed by atoms with Crippen molar-refractivity contribution in [3.05, 3.63) is 29.2 Å². The van der Waals surface area contributed by atoms with E-state index in [4.69, 9.17) is 0 Å². The molecule has 5 heteroatoms. The maximum Gasteiger partial charge on any atom is 0.270 e. The molecule has 0 aliphatic rings. The highest BCUT2D eigenvalue weighted by Gasteiger charge is 2.20. The molecular formula is C16H24N4O.